The second-order valence-corrected chi connectivity index (χ2v) is 8.66. The van der Waals surface area contributed by atoms with E-state index >= 15 is 0 Å². The van der Waals surface area contributed by atoms with Crippen molar-refractivity contribution < 1.29 is 28.8 Å². The average Bonchev–Trinajstić information content (AvgIpc) is 2.85. The molecule has 6 nitrogen and oxygen atoms in total. The number of methoxy groups -OCH3 is 2. The zero-order valence-electron chi connectivity index (χ0n) is 20.6. The summed E-state index contributed by atoms with van der Waals surface area (Å²) in [5, 5.41) is 9.94. The van der Waals surface area contributed by atoms with Crippen molar-refractivity contribution in [2.75, 3.05) is 34.2 Å². The van der Waals surface area contributed by atoms with Crippen molar-refractivity contribution in [1.82, 2.24) is 0 Å². The summed E-state index contributed by atoms with van der Waals surface area (Å²) in [5.74, 6) is 0.895. The van der Waals surface area contributed by atoms with Crippen molar-refractivity contribution in [1.29, 1.82) is 0 Å². The lowest BCUT2D eigenvalue weighted by atomic mass is 9.84. The zero-order chi connectivity index (χ0) is 24.1. The molecule has 0 saturated heterocycles. The maximum absolute atomic E-state index is 9.94. The summed E-state index contributed by atoms with van der Waals surface area (Å²) >= 11 is 0. The molecular formula is C27H40O6. The molecule has 1 N–H and O–H groups in total. The van der Waals surface area contributed by atoms with Gasteiger partial charge in [-0.25, -0.2) is 0 Å². The van der Waals surface area contributed by atoms with Gasteiger partial charge in [-0.2, -0.15) is 0 Å². The number of aliphatic hydroxyl groups is 1. The zero-order valence-corrected chi connectivity index (χ0v) is 20.6. The summed E-state index contributed by atoms with van der Waals surface area (Å²) in [4.78, 5) is 0. The Morgan fingerprint density at radius 3 is 1.88 bits per heavy atom. The van der Waals surface area contributed by atoms with Gasteiger partial charge < -0.3 is 28.8 Å². The second-order valence-electron chi connectivity index (χ2n) is 8.66. The van der Waals surface area contributed by atoms with Crippen LogP contribution in [0.5, 0.6) is 5.75 Å². The van der Waals surface area contributed by atoms with Gasteiger partial charge in [-0.05, 0) is 23.3 Å². The minimum Gasteiger partial charge on any atom is -0.497 e. The summed E-state index contributed by atoms with van der Waals surface area (Å²) in [5.41, 5.74) is 2.17. The van der Waals surface area contributed by atoms with Gasteiger partial charge in [0.2, 0.25) is 0 Å². The van der Waals surface area contributed by atoms with Gasteiger partial charge in [-0.3, -0.25) is 0 Å². The van der Waals surface area contributed by atoms with E-state index in [1.54, 1.807) is 14.2 Å². The van der Waals surface area contributed by atoms with E-state index in [4.69, 9.17) is 23.7 Å². The first-order chi connectivity index (χ1) is 16.0. The first-order valence-corrected chi connectivity index (χ1v) is 11.6. The molecule has 0 bridgehead atoms. The number of benzene rings is 2. The molecule has 0 aliphatic carbocycles. The van der Waals surface area contributed by atoms with E-state index in [9.17, 15) is 5.11 Å². The standard InChI is InChI=1S/C27H40O6/c1-20(15-28)26(32-18-24-11-13-25(30-5)14-12-24)22(3)27(21(2)16-31-19-29-4)33-17-23-9-7-6-8-10-23/h6-14,20-22,26-28H,15-19H2,1-5H3/t20-,21-,22+,26-,27-/m0/s1. The van der Waals surface area contributed by atoms with Crippen molar-refractivity contribution in [2.24, 2.45) is 17.8 Å². The molecule has 33 heavy (non-hydrogen) atoms. The van der Waals surface area contributed by atoms with Crippen LogP contribution in [0.3, 0.4) is 0 Å². The molecule has 0 aliphatic rings. The topological polar surface area (TPSA) is 66.4 Å². The number of hydrogen-bond acceptors (Lipinski definition) is 6. The Bertz CT molecular complexity index is 751. The minimum absolute atomic E-state index is 0.0234. The Morgan fingerprint density at radius 1 is 0.758 bits per heavy atom. The SMILES string of the molecule is COCOC[C@H](C)[C@H](OCc1ccccc1)[C@H](C)[C@@H](OCc1ccc(OC)cc1)[C@@H](C)CO. The van der Waals surface area contributed by atoms with Crippen LogP contribution in [0, 0.1) is 17.8 Å². The Balaban J connectivity index is 2.13. The van der Waals surface area contributed by atoms with E-state index < -0.39 is 0 Å². The van der Waals surface area contributed by atoms with Crippen LogP contribution >= 0.6 is 0 Å². The molecule has 2 aromatic carbocycles. The summed E-state index contributed by atoms with van der Waals surface area (Å²) < 4.78 is 28.7. The van der Waals surface area contributed by atoms with Crippen LogP contribution in [0.4, 0.5) is 0 Å². The summed E-state index contributed by atoms with van der Waals surface area (Å²) in [7, 11) is 3.27. The molecule has 0 spiro atoms. The molecule has 0 aliphatic heterocycles. The van der Waals surface area contributed by atoms with Crippen molar-refractivity contribution >= 4 is 0 Å². The number of ether oxygens (including phenoxy) is 5. The smallest absolute Gasteiger partial charge is 0.146 e. The average molecular weight is 461 g/mol. The highest BCUT2D eigenvalue weighted by Crippen LogP contribution is 2.29. The van der Waals surface area contributed by atoms with Gasteiger partial charge in [0.1, 0.15) is 12.5 Å². The number of hydrogen-bond donors (Lipinski definition) is 1. The molecule has 0 saturated carbocycles. The molecule has 5 atom stereocenters. The second kappa shape index (κ2) is 15.0. The van der Waals surface area contributed by atoms with Crippen molar-refractivity contribution in [3.05, 3.63) is 65.7 Å². The van der Waals surface area contributed by atoms with Crippen molar-refractivity contribution in [3.63, 3.8) is 0 Å². The molecule has 0 unspecified atom stereocenters. The Hall–Kier alpha value is -1.96. The van der Waals surface area contributed by atoms with Gasteiger partial charge in [0.25, 0.3) is 0 Å². The first-order valence-electron chi connectivity index (χ1n) is 11.6. The van der Waals surface area contributed by atoms with E-state index in [0.717, 1.165) is 16.9 Å². The van der Waals surface area contributed by atoms with Crippen LogP contribution in [0.1, 0.15) is 31.9 Å². The highest BCUT2D eigenvalue weighted by molar-refractivity contribution is 5.26. The van der Waals surface area contributed by atoms with E-state index in [1.807, 2.05) is 49.4 Å². The van der Waals surface area contributed by atoms with Gasteiger partial charge in [0.15, 0.2) is 0 Å². The molecule has 0 amide bonds. The fourth-order valence-electron chi connectivity index (χ4n) is 4.05. The largest absolute Gasteiger partial charge is 0.497 e. The van der Waals surface area contributed by atoms with Crippen LogP contribution in [0.15, 0.2) is 54.6 Å². The lowest BCUT2D eigenvalue weighted by Gasteiger charge is -2.37. The van der Waals surface area contributed by atoms with Gasteiger partial charge >= 0.3 is 0 Å². The predicted octanol–water partition coefficient (Wildman–Crippen LogP) is 4.69. The Labute approximate surface area is 198 Å². The Morgan fingerprint density at radius 2 is 1.33 bits per heavy atom. The highest BCUT2D eigenvalue weighted by Gasteiger charge is 2.34. The Kier molecular flexibility index (Phi) is 12.4. The monoisotopic (exact) mass is 460 g/mol. The highest BCUT2D eigenvalue weighted by atomic mass is 16.7. The molecule has 2 aromatic rings. The molecule has 0 radical (unpaired) electrons. The number of aliphatic hydroxyl groups excluding tert-OH is 1. The third-order valence-electron chi connectivity index (χ3n) is 5.91. The van der Waals surface area contributed by atoms with Crippen molar-refractivity contribution in [2.45, 2.75) is 46.2 Å². The van der Waals surface area contributed by atoms with E-state index in [2.05, 4.69) is 26.0 Å². The van der Waals surface area contributed by atoms with Crippen molar-refractivity contribution in [3.8, 4) is 5.75 Å². The van der Waals surface area contributed by atoms with E-state index in [1.165, 1.54) is 0 Å². The molecule has 0 fully saturated rings. The van der Waals surface area contributed by atoms with Crippen LogP contribution in [0.25, 0.3) is 0 Å². The molecular weight excluding hydrogens is 420 g/mol. The van der Waals surface area contributed by atoms with Crippen LogP contribution in [-0.4, -0.2) is 51.5 Å². The maximum Gasteiger partial charge on any atom is 0.146 e. The van der Waals surface area contributed by atoms with Gasteiger partial charge in [-0.1, -0.05) is 63.2 Å². The van der Waals surface area contributed by atoms with Crippen LogP contribution in [0.2, 0.25) is 0 Å². The lowest BCUT2D eigenvalue weighted by Crippen LogP contribution is -2.42. The van der Waals surface area contributed by atoms with Gasteiger partial charge in [0, 0.05) is 31.5 Å². The van der Waals surface area contributed by atoms with Crippen LogP contribution < -0.4 is 4.74 Å². The molecule has 184 valence electrons. The molecule has 6 heteroatoms. The molecule has 0 aromatic heterocycles. The summed E-state index contributed by atoms with van der Waals surface area (Å²) in [6, 6.07) is 18.0. The third-order valence-corrected chi connectivity index (χ3v) is 5.91. The lowest BCUT2D eigenvalue weighted by molar-refractivity contribution is -0.127. The third kappa shape index (κ3) is 9.07. The normalized spacial score (nSPS) is 16.1. The quantitative estimate of drug-likeness (QED) is 0.290. The predicted molar refractivity (Wildman–Crippen MR) is 129 cm³/mol. The maximum atomic E-state index is 9.94. The fourth-order valence-corrected chi connectivity index (χ4v) is 4.05. The summed E-state index contributed by atoms with van der Waals surface area (Å²) in [6.45, 7) is 8.00. The van der Waals surface area contributed by atoms with E-state index in [0.29, 0.717) is 19.8 Å². The summed E-state index contributed by atoms with van der Waals surface area (Å²) in [6.07, 6.45) is -0.320. The minimum atomic E-state index is -0.192. The molecule has 0 heterocycles. The first kappa shape index (κ1) is 27.3. The van der Waals surface area contributed by atoms with E-state index in [-0.39, 0.29) is 43.4 Å². The van der Waals surface area contributed by atoms with Gasteiger partial charge in [-0.15, -0.1) is 0 Å². The van der Waals surface area contributed by atoms with Gasteiger partial charge in [0.05, 0.1) is 39.1 Å². The molecule has 2 rings (SSSR count). The van der Waals surface area contributed by atoms with Crippen LogP contribution in [-0.2, 0) is 32.2 Å². The number of rotatable bonds is 16. The fraction of sp³-hybridized carbons (Fsp3) is 0.556.